The van der Waals surface area contributed by atoms with Gasteiger partial charge in [-0.3, -0.25) is 0 Å². The minimum atomic E-state index is -4.85. The van der Waals surface area contributed by atoms with Gasteiger partial charge < -0.3 is 5.11 Å². The van der Waals surface area contributed by atoms with Crippen LogP contribution in [0.5, 0.6) is 0 Å². The fraction of sp³-hybridized carbons (Fsp3) is 0.143. The van der Waals surface area contributed by atoms with Crippen LogP contribution in [0, 0.1) is 0 Å². The van der Waals surface area contributed by atoms with E-state index in [-0.39, 0.29) is 16.1 Å². The molecule has 1 atom stereocenters. The summed E-state index contributed by atoms with van der Waals surface area (Å²) >= 11 is 5.71. The van der Waals surface area contributed by atoms with E-state index in [4.69, 9.17) is 11.6 Å². The van der Waals surface area contributed by atoms with Gasteiger partial charge in [0.2, 0.25) is 5.60 Å². The molecule has 0 aliphatic rings. The van der Waals surface area contributed by atoms with Crippen LogP contribution < -0.4 is 0 Å². The fourth-order valence-corrected chi connectivity index (χ4v) is 2.08. The molecular formula is C14H10ClF3O. The quantitative estimate of drug-likeness (QED) is 0.880. The number of hydrogen-bond donors (Lipinski definition) is 1. The van der Waals surface area contributed by atoms with Gasteiger partial charge in [0, 0.05) is 5.02 Å². The fourth-order valence-electron chi connectivity index (χ4n) is 1.89. The van der Waals surface area contributed by atoms with Gasteiger partial charge >= 0.3 is 6.18 Å². The zero-order valence-corrected chi connectivity index (χ0v) is 10.4. The second kappa shape index (κ2) is 4.87. The Balaban J connectivity index is 2.66. The molecule has 0 heterocycles. The lowest BCUT2D eigenvalue weighted by molar-refractivity contribution is -0.248. The normalized spacial score (nSPS) is 15.0. The molecule has 19 heavy (non-hydrogen) atoms. The van der Waals surface area contributed by atoms with Gasteiger partial charge in [-0.05, 0) is 23.3 Å². The number of aliphatic hydroxyl groups is 1. The number of alkyl halides is 3. The van der Waals surface area contributed by atoms with Gasteiger partial charge in [-0.1, -0.05) is 54.1 Å². The maximum atomic E-state index is 13.3. The van der Waals surface area contributed by atoms with Crippen LogP contribution in [-0.4, -0.2) is 11.3 Å². The Morgan fingerprint density at radius 2 is 1.42 bits per heavy atom. The van der Waals surface area contributed by atoms with Crippen molar-refractivity contribution in [3.63, 3.8) is 0 Å². The highest BCUT2D eigenvalue weighted by Crippen LogP contribution is 2.44. The molecule has 100 valence electrons. The minimum absolute atomic E-state index is 0.135. The SMILES string of the molecule is OC(c1ccccc1)(c1cccc(Cl)c1)C(F)(F)F. The van der Waals surface area contributed by atoms with Crippen LogP contribution >= 0.6 is 11.6 Å². The van der Waals surface area contributed by atoms with Crippen LogP contribution in [0.3, 0.4) is 0 Å². The molecule has 0 aliphatic carbocycles. The topological polar surface area (TPSA) is 20.2 Å². The molecule has 0 saturated carbocycles. The molecule has 1 nitrogen and oxygen atoms in total. The third kappa shape index (κ3) is 2.46. The summed E-state index contributed by atoms with van der Waals surface area (Å²) in [5, 5.41) is 10.4. The molecule has 0 aromatic heterocycles. The molecule has 0 aliphatic heterocycles. The average Bonchev–Trinajstić information content (AvgIpc) is 2.37. The smallest absolute Gasteiger partial charge is 0.372 e. The Morgan fingerprint density at radius 1 is 0.842 bits per heavy atom. The van der Waals surface area contributed by atoms with E-state index in [0.717, 1.165) is 6.07 Å². The van der Waals surface area contributed by atoms with E-state index in [1.165, 1.54) is 42.5 Å². The maximum absolute atomic E-state index is 13.3. The van der Waals surface area contributed by atoms with Crippen molar-refractivity contribution < 1.29 is 18.3 Å². The third-order valence-electron chi connectivity index (χ3n) is 2.84. The van der Waals surface area contributed by atoms with E-state index in [1.54, 1.807) is 6.07 Å². The maximum Gasteiger partial charge on any atom is 0.425 e. The van der Waals surface area contributed by atoms with Crippen molar-refractivity contribution in [1.29, 1.82) is 0 Å². The molecule has 5 heteroatoms. The minimum Gasteiger partial charge on any atom is -0.372 e. The van der Waals surface area contributed by atoms with E-state index in [1.807, 2.05) is 0 Å². The molecule has 0 spiro atoms. The Morgan fingerprint density at radius 3 is 1.95 bits per heavy atom. The van der Waals surface area contributed by atoms with Gasteiger partial charge in [0.1, 0.15) is 0 Å². The highest BCUT2D eigenvalue weighted by molar-refractivity contribution is 6.30. The molecule has 1 N–H and O–H groups in total. The summed E-state index contributed by atoms with van der Waals surface area (Å²) in [5.41, 5.74) is -3.62. The van der Waals surface area contributed by atoms with Crippen molar-refractivity contribution in [2.75, 3.05) is 0 Å². The molecule has 0 amide bonds. The summed E-state index contributed by atoms with van der Waals surface area (Å²) in [7, 11) is 0. The van der Waals surface area contributed by atoms with Crippen LogP contribution in [0.15, 0.2) is 54.6 Å². The van der Waals surface area contributed by atoms with Gasteiger partial charge in [-0.25, -0.2) is 0 Å². The van der Waals surface area contributed by atoms with Gasteiger partial charge in [0.25, 0.3) is 0 Å². The van der Waals surface area contributed by atoms with E-state index in [9.17, 15) is 18.3 Å². The molecule has 0 bridgehead atoms. The summed E-state index contributed by atoms with van der Waals surface area (Å²) in [4.78, 5) is 0. The van der Waals surface area contributed by atoms with Crippen LogP contribution in [0.4, 0.5) is 13.2 Å². The largest absolute Gasteiger partial charge is 0.425 e. The Bertz CT molecular complexity index is 568. The first-order valence-corrected chi connectivity index (χ1v) is 5.84. The van der Waals surface area contributed by atoms with E-state index in [0.29, 0.717) is 0 Å². The summed E-state index contributed by atoms with van der Waals surface area (Å²) in [6.45, 7) is 0. The van der Waals surface area contributed by atoms with Crippen molar-refractivity contribution in [3.05, 3.63) is 70.7 Å². The van der Waals surface area contributed by atoms with Crippen LogP contribution in [0.1, 0.15) is 11.1 Å². The highest BCUT2D eigenvalue weighted by atomic mass is 35.5. The van der Waals surface area contributed by atoms with Gasteiger partial charge in [0.05, 0.1) is 0 Å². The highest BCUT2D eigenvalue weighted by Gasteiger charge is 2.56. The van der Waals surface area contributed by atoms with E-state index < -0.39 is 11.8 Å². The number of benzene rings is 2. The Hall–Kier alpha value is -1.52. The second-order valence-corrected chi connectivity index (χ2v) is 4.52. The molecule has 2 aromatic carbocycles. The first-order valence-electron chi connectivity index (χ1n) is 5.46. The standard InChI is InChI=1S/C14H10ClF3O/c15-12-8-4-7-11(9-12)13(19,14(16,17)18)10-5-2-1-3-6-10/h1-9,19H. The van der Waals surface area contributed by atoms with Crippen LogP contribution in [-0.2, 0) is 5.60 Å². The zero-order valence-electron chi connectivity index (χ0n) is 9.66. The predicted molar refractivity (Wildman–Crippen MR) is 66.9 cm³/mol. The third-order valence-corrected chi connectivity index (χ3v) is 3.08. The van der Waals surface area contributed by atoms with E-state index in [2.05, 4.69) is 0 Å². The van der Waals surface area contributed by atoms with Gasteiger partial charge in [-0.2, -0.15) is 13.2 Å². The summed E-state index contributed by atoms with van der Waals surface area (Å²) in [6.07, 6.45) is -4.85. The van der Waals surface area contributed by atoms with Crippen molar-refractivity contribution in [2.24, 2.45) is 0 Å². The Kier molecular flexibility index (Phi) is 3.56. The molecule has 0 saturated heterocycles. The number of halogens is 4. The molecule has 1 unspecified atom stereocenters. The van der Waals surface area contributed by atoms with E-state index >= 15 is 0 Å². The lowest BCUT2D eigenvalue weighted by Gasteiger charge is -2.31. The molecule has 0 fully saturated rings. The first-order chi connectivity index (χ1) is 8.85. The van der Waals surface area contributed by atoms with Crippen molar-refractivity contribution in [2.45, 2.75) is 11.8 Å². The zero-order chi connectivity index (χ0) is 14.1. The number of hydrogen-bond acceptors (Lipinski definition) is 1. The molecular weight excluding hydrogens is 277 g/mol. The lowest BCUT2D eigenvalue weighted by atomic mass is 9.86. The molecule has 2 aromatic rings. The Labute approximate surface area is 113 Å². The van der Waals surface area contributed by atoms with Crippen molar-refractivity contribution in [3.8, 4) is 0 Å². The monoisotopic (exact) mass is 286 g/mol. The van der Waals surface area contributed by atoms with Crippen LogP contribution in [0.2, 0.25) is 5.02 Å². The van der Waals surface area contributed by atoms with Gasteiger partial charge in [0.15, 0.2) is 0 Å². The summed E-state index contributed by atoms with van der Waals surface area (Å²) in [6, 6.07) is 12.1. The molecule has 0 radical (unpaired) electrons. The van der Waals surface area contributed by atoms with Gasteiger partial charge in [-0.15, -0.1) is 0 Å². The second-order valence-electron chi connectivity index (χ2n) is 4.08. The van der Waals surface area contributed by atoms with Crippen molar-refractivity contribution >= 4 is 11.6 Å². The summed E-state index contributed by atoms with van der Waals surface area (Å²) < 4.78 is 39.9. The van der Waals surface area contributed by atoms with Crippen LogP contribution in [0.25, 0.3) is 0 Å². The number of rotatable bonds is 2. The average molecular weight is 287 g/mol. The van der Waals surface area contributed by atoms with Crippen molar-refractivity contribution in [1.82, 2.24) is 0 Å². The molecule has 2 rings (SSSR count). The first kappa shape index (κ1) is 13.9. The summed E-state index contributed by atoms with van der Waals surface area (Å²) in [5.74, 6) is 0. The predicted octanol–water partition coefficient (Wildman–Crippen LogP) is 4.14. The lowest BCUT2D eigenvalue weighted by Crippen LogP contribution is -2.43.